The summed E-state index contributed by atoms with van der Waals surface area (Å²) in [5.41, 5.74) is 5.62. The molecule has 0 aliphatic heterocycles. The molecule has 0 spiro atoms. The molecule has 39 heavy (non-hydrogen) atoms. The van der Waals surface area contributed by atoms with Gasteiger partial charge in [0.25, 0.3) is 5.91 Å². The second kappa shape index (κ2) is 13.8. The molecule has 1 N–H and O–H groups in total. The van der Waals surface area contributed by atoms with Gasteiger partial charge in [0.15, 0.2) is 6.61 Å². The van der Waals surface area contributed by atoms with E-state index in [9.17, 15) is 4.79 Å². The third kappa shape index (κ3) is 7.85. The van der Waals surface area contributed by atoms with Gasteiger partial charge in [-0.05, 0) is 86.1 Å². The minimum absolute atomic E-state index is 0.0170. The van der Waals surface area contributed by atoms with E-state index in [2.05, 4.69) is 66.2 Å². The van der Waals surface area contributed by atoms with Gasteiger partial charge in [0.1, 0.15) is 17.3 Å². The quantitative estimate of drug-likeness (QED) is 0.184. The van der Waals surface area contributed by atoms with Gasteiger partial charge in [-0.1, -0.05) is 50.2 Å². The Morgan fingerprint density at radius 3 is 2.59 bits per heavy atom. The van der Waals surface area contributed by atoms with Crippen molar-refractivity contribution in [1.82, 2.24) is 14.9 Å². The molecule has 4 aromatic rings. The number of aromatic nitrogens is 2. The van der Waals surface area contributed by atoms with E-state index in [4.69, 9.17) is 14.5 Å². The van der Waals surface area contributed by atoms with Crippen molar-refractivity contribution in [3.8, 4) is 11.5 Å². The smallest absolute Gasteiger partial charge is 0.257 e. The second-order valence-corrected chi connectivity index (χ2v) is 10.3. The summed E-state index contributed by atoms with van der Waals surface area (Å²) >= 11 is 0. The van der Waals surface area contributed by atoms with Crippen molar-refractivity contribution < 1.29 is 14.3 Å². The SMILES string of the molecule is CCC(C)c1ccc(OCCCn2c(CCCNC(=O)COc3cc(C)ccc3C)nc3ccccc32)cc1. The number of fused-ring (bicyclic) bond motifs is 1. The molecular weight excluding hydrogens is 486 g/mol. The number of imidazole rings is 1. The van der Waals surface area contributed by atoms with Crippen LogP contribution in [0, 0.1) is 13.8 Å². The lowest BCUT2D eigenvalue weighted by atomic mass is 9.99. The van der Waals surface area contributed by atoms with E-state index < -0.39 is 0 Å². The van der Waals surface area contributed by atoms with Crippen LogP contribution >= 0.6 is 0 Å². The first-order valence-electron chi connectivity index (χ1n) is 14.1. The van der Waals surface area contributed by atoms with Crippen molar-refractivity contribution in [3.05, 3.63) is 89.2 Å². The highest BCUT2D eigenvalue weighted by Gasteiger charge is 2.11. The molecule has 6 heteroatoms. The summed E-state index contributed by atoms with van der Waals surface area (Å²) in [7, 11) is 0. The number of hydrogen-bond donors (Lipinski definition) is 1. The van der Waals surface area contributed by atoms with Crippen LogP contribution in [0.2, 0.25) is 0 Å². The maximum absolute atomic E-state index is 12.3. The number of hydrogen-bond acceptors (Lipinski definition) is 4. The Morgan fingerprint density at radius 1 is 1.00 bits per heavy atom. The predicted molar refractivity (Wildman–Crippen MR) is 158 cm³/mol. The summed E-state index contributed by atoms with van der Waals surface area (Å²) < 4.78 is 14.0. The van der Waals surface area contributed by atoms with Crippen molar-refractivity contribution in [1.29, 1.82) is 0 Å². The first-order chi connectivity index (χ1) is 18.9. The molecule has 0 bridgehead atoms. The number of para-hydroxylation sites is 2. The number of nitrogens with one attached hydrogen (secondary N) is 1. The normalized spacial score (nSPS) is 11.9. The lowest BCUT2D eigenvalue weighted by Gasteiger charge is -2.12. The number of benzene rings is 3. The summed E-state index contributed by atoms with van der Waals surface area (Å²) in [6.07, 6.45) is 3.60. The number of rotatable bonds is 14. The first-order valence-corrected chi connectivity index (χ1v) is 14.1. The van der Waals surface area contributed by atoms with Crippen LogP contribution in [0.1, 0.15) is 61.5 Å². The van der Waals surface area contributed by atoms with E-state index in [1.807, 2.05) is 38.1 Å². The molecule has 0 fully saturated rings. The van der Waals surface area contributed by atoms with Gasteiger partial charge in [-0.25, -0.2) is 4.98 Å². The zero-order valence-corrected chi connectivity index (χ0v) is 23.7. The summed E-state index contributed by atoms with van der Waals surface area (Å²) in [5.74, 6) is 3.16. The molecular formula is C33H41N3O3. The molecule has 0 saturated carbocycles. The van der Waals surface area contributed by atoms with Gasteiger partial charge in [-0.15, -0.1) is 0 Å². The third-order valence-corrected chi connectivity index (χ3v) is 7.19. The maximum Gasteiger partial charge on any atom is 0.257 e. The Balaban J connectivity index is 1.25. The zero-order valence-electron chi connectivity index (χ0n) is 23.7. The summed E-state index contributed by atoms with van der Waals surface area (Å²) in [6, 6.07) is 22.7. The molecule has 0 saturated heterocycles. The van der Waals surface area contributed by atoms with Gasteiger partial charge in [0, 0.05) is 19.5 Å². The fourth-order valence-corrected chi connectivity index (χ4v) is 4.64. The molecule has 1 amide bonds. The molecule has 1 aromatic heterocycles. The van der Waals surface area contributed by atoms with Crippen LogP contribution in [0.15, 0.2) is 66.7 Å². The van der Waals surface area contributed by atoms with E-state index in [0.717, 1.165) is 71.7 Å². The highest BCUT2D eigenvalue weighted by Crippen LogP contribution is 2.22. The molecule has 1 atom stereocenters. The molecule has 6 nitrogen and oxygen atoms in total. The lowest BCUT2D eigenvalue weighted by molar-refractivity contribution is -0.123. The molecule has 0 aliphatic rings. The fraction of sp³-hybridized carbons (Fsp3) is 0.394. The Morgan fingerprint density at radius 2 is 1.79 bits per heavy atom. The Labute approximate surface area is 232 Å². The van der Waals surface area contributed by atoms with Gasteiger partial charge >= 0.3 is 0 Å². The van der Waals surface area contributed by atoms with Gasteiger partial charge in [0.05, 0.1) is 17.6 Å². The number of carbonyl (C=O) groups is 1. The van der Waals surface area contributed by atoms with E-state index in [1.54, 1.807) is 0 Å². The largest absolute Gasteiger partial charge is 0.494 e. The average molecular weight is 528 g/mol. The van der Waals surface area contributed by atoms with E-state index in [0.29, 0.717) is 19.1 Å². The number of carbonyl (C=O) groups excluding carboxylic acids is 1. The fourth-order valence-electron chi connectivity index (χ4n) is 4.64. The van der Waals surface area contributed by atoms with Gasteiger partial charge in [0.2, 0.25) is 0 Å². The number of nitrogens with zero attached hydrogens (tertiary/aromatic N) is 2. The Bertz CT molecular complexity index is 1360. The van der Waals surface area contributed by atoms with E-state index >= 15 is 0 Å². The van der Waals surface area contributed by atoms with Crippen LogP contribution < -0.4 is 14.8 Å². The van der Waals surface area contributed by atoms with Gasteiger partial charge < -0.3 is 19.4 Å². The Kier molecular flexibility index (Phi) is 10.0. The number of amides is 1. The number of ether oxygens (including phenoxy) is 2. The van der Waals surface area contributed by atoms with Crippen LogP contribution in [0.5, 0.6) is 11.5 Å². The minimum atomic E-state index is -0.112. The highest BCUT2D eigenvalue weighted by molar-refractivity contribution is 5.77. The zero-order chi connectivity index (χ0) is 27.6. The van der Waals surface area contributed by atoms with Crippen molar-refractivity contribution in [3.63, 3.8) is 0 Å². The van der Waals surface area contributed by atoms with Gasteiger partial charge in [-0.3, -0.25) is 4.79 Å². The van der Waals surface area contributed by atoms with Crippen LogP contribution in [0.3, 0.4) is 0 Å². The minimum Gasteiger partial charge on any atom is -0.494 e. The van der Waals surface area contributed by atoms with E-state index in [1.165, 1.54) is 5.56 Å². The average Bonchev–Trinajstić information content (AvgIpc) is 3.31. The lowest BCUT2D eigenvalue weighted by Crippen LogP contribution is -2.30. The molecule has 1 heterocycles. The second-order valence-electron chi connectivity index (χ2n) is 10.3. The van der Waals surface area contributed by atoms with Crippen LogP contribution in [-0.2, 0) is 17.8 Å². The molecule has 206 valence electrons. The summed E-state index contributed by atoms with van der Waals surface area (Å²) in [6.45, 7) is 10.5. The highest BCUT2D eigenvalue weighted by atomic mass is 16.5. The molecule has 4 rings (SSSR count). The van der Waals surface area contributed by atoms with E-state index in [-0.39, 0.29) is 12.5 Å². The maximum atomic E-state index is 12.3. The van der Waals surface area contributed by atoms with Crippen molar-refractivity contribution in [2.45, 2.75) is 65.8 Å². The standard InChI is InChI=1S/C33H41N3O3/c1-5-25(3)27-15-17-28(18-16-27)38-21-9-20-36-30-11-7-6-10-29(30)35-32(36)12-8-19-34-33(37)23-39-31-22-24(2)13-14-26(31)4/h6-7,10-11,13-18,22,25H,5,8-9,12,19-21,23H2,1-4H3,(H,34,37). The Hall–Kier alpha value is -3.80. The topological polar surface area (TPSA) is 65.4 Å². The van der Waals surface area contributed by atoms with Crippen molar-refractivity contribution in [2.75, 3.05) is 19.8 Å². The summed E-state index contributed by atoms with van der Waals surface area (Å²) in [5, 5.41) is 2.97. The van der Waals surface area contributed by atoms with Crippen molar-refractivity contribution >= 4 is 16.9 Å². The molecule has 0 radical (unpaired) electrons. The van der Waals surface area contributed by atoms with Crippen LogP contribution in [-0.4, -0.2) is 35.2 Å². The first kappa shape index (κ1) is 28.2. The van der Waals surface area contributed by atoms with Crippen LogP contribution in [0.25, 0.3) is 11.0 Å². The summed E-state index contributed by atoms with van der Waals surface area (Å²) in [4.78, 5) is 17.2. The number of aryl methyl sites for hydroxylation is 4. The van der Waals surface area contributed by atoms with Gasteiger partial charge in [-0.2, -0.15) is 0 Å². The molecule has 1 unspecified atom stereocenters. The third-order valence-electron chi connectivity index (χ3n) is 7.19. The predicted octanol–water partition coefficient (Wildman–Crippen LogP) is 6.76. The van der Waals surface area contributed by atoms with Crippen molar-refractivity contribution in [2.24, 2.45) is 0 Å². The monoisotopic (exact) mass is 527 g/mol. The molecule has 0 aliphatic carbocycles. The van der Waals surface area contributed by atoms with Crippen LogP contribution in [0.4, 0.5) is 0 Å². The molecule has 3 aromatic carbocycles.